The summed E-state index contributed by atoms with van der Waals surface area (Å²) in [6, 6.07) is 14.9. The number of nitrogens with zero attached hydrogens (tertiary/aromatic N) is 1. The Bertz CT molecular complexity index is 926. The Labute approximate surface area is 145 Å². The first-order valence-corrected chi connectivity index (χ1v) is 8.15. The summed E-state index contributed by atoms with van der Waals surface area (Å²) in [6.45, 7) is 0.496. The van der Waals surface area contributed by atoms with Crippen LogP contribution in [0.5, 0.6) is 5.75 Å². The number of methoxy groups -OCH3 is 1. The smallest absolute Gasteiger partial charge is 0.420 e. The van der Waals surface area contributed by atoms with E-state index < -0.39 is 5.76 Å². The number of rotatable bonds is 7. The molecule has 0 saturated carbocycles. The highest BCUT2D eigenvalue weighted by molar-refractivity contribution is 5.79. The van der Waals surface area contributed by atoms with Crippen molar-refractivity contribution in [1.82, 2.24) is 9.88 Å². The largest absolute Gasteiger partial charge is 0.497 e. The molecule has 0 aliphatic heterocycles. The summed E-state index contributed by atoms with van der Waals surface area (Å²) in [4.78, 5) is 23.9. The summed E-state index contributed by atoms with van der Waals surface area (Å²) >= 11 is 0. The number of carbonyl (C=O) groups is 1. The monoisotopic (exact) mass is 340 g/mol. The fourth-order valence-electron chi connectivity index (χ4n) is 2.71. The number of benzene rings is 2. The number of hydrogen-bond donors (Lipinski definition) is 1. The maximum Gasteiger partial charge on any atom is 0.420 e. The van der Waals surface area contributed by atoms with Crippen molar-refractivity contribution in [2.45, 2.75) is 19.4 Å². The summed E-state index contributed by atoms with van der Waals surface area (Å²) in [6.07, 6.45) is 1.64. The third kappa shape index (κ3) is 4.09. The van der Waals surface area contributed by atoms with E-state index in [1.54, 1.807) is 31.4 Å². The van der Waals surface area contributed by atoms with Gasteiger partial charge < -0.3 is 14.5 Å². The van der Waals surface area contributed by atoms with Gasteiger partial charge in [0.25, 0.3) is 0 Å². The summed E-state index contributed by atoms with van der Waals surface area (Å²) in [5, 5.41) is 2.84. The van der Waals surface area contributed by atoms with Crippen LogP contribution in [0.2, 0.25) is 0 Å². The average molecular weight is 340 g/mol. The van der Waals surface area contributed by atoms with Crippen molar-refractivity contribution in [1.29, 1.82) is 0 Å². The zero-order chi connectivity index (χ0) is 17.6. The molecule has 25 heavy (non-hydrogen) atoms. The van der Waals surface area contributed by atoms with Crippen LogP contribution in [0.4, 0.5) is 0 Å². The van der Waals surface area contributed by atoms with E-state index in [0.717, 1.165) is 24.2 Å². The van der Waals surface area contributed by atoms with E-state index in [0.29, 0.717) is 17.6 Å². The topological polar surface area (TPSA) is 73.5 Å². The molecule has 0 bridgehead atoms. The van der Waals surface area contributed by atoms with Gasteiger partial charge in [0.2, 0.25) is 5.91 Å². The summed E-state index contributed by atoms with van der Waals surface area (Å²) < 4.78 is 11.7. The molecule has 6 nitrogen and oxygen atoms in total. The van der Waals surface area contributed by atoms with E-state index in [2.05, 4.69) is 5.32 Å². The Morgan fingerprint density at radius 2 is 2.04 bits per heavy atom. The van der Waals surface area contributed by atoms with Crippen LogP contribution in [0, 0.1) is 0 Å². The second-order valence-corrected chi connectivity index (χ2v) is 5.73. The quantitative estimate of drug-likeness (QED) is 0.670. The van der Waals surface area contributed by atoms with Crippen molar-refractivity contribution in [3.8, 4) is 5.75 Å². The van der Waals surface area contributed by atoms with E-state index in [-0.39, 0.29) is 12.5 Å². The number of aryl methyl sites for hydroxylation is 1. The second-order valence-electron chi connectivity index (χ2n) is 5.73. The lowest BCUT2D eigenvalue weighted by Gasteiger charge is -2.07. The summed E-state index contributed by atoms with van der Waals surface area (Å²) in [7, 11) is 1.64. The molecule has 1 amide bonds. The van der Waals surface area contributed by atoms with Gasteiger partial charge in [0.05, 0.1) is 12.6 Å². The number of fused-ring (bicyclic) bond motifs is 1. The van der Waals surface area contributed by atoms with E-state index in [4.69, 9.17) is 9.15 Å². The van der Waals surface area contributed by atoms with Gasteiger partial charge >= 0.3 is 5.76 Å². The molecule has 3 rings (SSSR count). The fraction of sp³-hybridized carbons (Fsp3) is 0.263. The first-order valence-electron chi connectivity index (χ1n) is 8.15. The maximum atomic E-state index is 12.1. The van der Waals surface area contributed by atoms with Gasteiger partial charge in [-0.15, -0.1) is 0 Å². The lowest BCUT2D eigenvalue weighted by molar-refractivity contribution is -0.121. The normalized spacial score (nSPS) is 10.8. The number of oxazole rings is 1. The molecule has 1 N–H and O–H groups in total. The Hall–Kier alpha value is -3.02. The molecule has 0 fully saturated rings. The first kappa shape index (κ1) is 16.8. The van der Waals surface area contributed by atoms with Gasteiger partial charge in [-0.1, -0.05) is 24.3 Å². The molecule has 0 aliphatic rings. The van der Waals surface area contributed by atoms with E-state index in [9.17, 15) is 9.59 Å². The zero-order valence-corrected chi connectivity index (χ0v) is 14.0. The third-order valence-corrected chi connectivity index (χ3v) is 3.97. The van der Waals surface area contributed by atoms with Crippen LogP contribution in [-0.4, -0.2) is 24.1 Å². The van der Waals surface area contributed by atoms with Crippen LogP contribution in [0.15, 0.2) is 57.7 Å². The standard InChI is InChI=1S/C19H20N2O4/c1-24-15-8-4-6-14(12-15)7-5-11-20-18(22)13-21-16-9-2-3-10-17(16)25-19(21)23/h2-4,6,8-10,12H,5,7,11,13H2,1H3,(H,20,22). The number of nitrogens with one attached hydrogen (secondary N) is 1. The highest BCUT2D eigenvalue weighted by Crippen LogP contribution is 2.14. The summed E-state index contributed by atoms with van der Waals surface area (Å²) in [5.74, 6) is 0.0970. The molecule has 3 aromatic rings. The van der Waals surface area contributed by atoms with Gasteiger partial charge in [0.1, 0.15) is 12.3 Å². The molecule has 1 heterocycles. The van der Waals surface area contributed by atoms with Crippen molar-refractivity contribution < 1.29 is 13.9 Å². The van der Waals surface area contributed by atoms with Crippen LogP contribution in [0.1, 0.15) is 12.0 Å². The molecule has 0 unspecified atom stereocenters. The predicted octanol–water partition coefficient (Wildman–Crippen LogP) is 2.35. The molecule has 1 aromatic heterocycles. The van der Waals surface area contributed by atoms with Gasteiger partial charge in [-0.05, 0) is 42.7 Å². The molecule has 0 saturated heterocycles. The van der Waals surface area contributed by atoms with Crippen LogP contribution in [-0.2, 0) is 17.8 Å². The SMILES string of the molecule is COc1cccc(CCCNC(=O)Cn2c(=O)oc3ccccc32)c1. The number of carbonyl (C=O) groups excluding carboxylic acids is 1. The average Bonchev–Trinajstić information content (AvgIpc) is 2.94. The third-order valence-electron chi connectivity index (χ3n) is 3.97. The van der Waals surface area contributed by atoms with Crippen molar-refractivity contribution in [3.05, 3.63) is 64.6 Å². The molecule has 130 valence electrons. The summed E-state index contributed by atoms with van der Waals surface area (Å²) in [5.41, 5.74) is 2.27. The Kier molecular flexibility index (Phi) is 5.18. The first-order chi connectivity index (χ1) is 12.2. The highest BCUT2D eigenvalue weighted by Gasteiger charge is 2.11. The minimum atomic E-state index is -0.521. The number of para-hydroxylation sites is 2. The van der Waals surface area contributed by atoms with E-state index >= 15 is 0 Å². The lowest BCUT2D eigenvalue weighted by atomic mass is 10.1. The number of amides is 1. The number of hydrogen-bond acceptors (Lipinski definition) is 4. The van der Waals surface area contributed by atoms with Crippen LogP contribution < -0.4 is 15.8 Å². The minimum Gasteiger partial charge on any atom is -0.497 e. The van der Waals surface area contributed by atoms with Crippen molar-refractivity contribution in [3.63, 3.8) is 0 Å². The van der Waals surface area contributed by atoms with Crippen molar-refractivity contribution in [2.24, 2.45) is 0 Å². The van der Waals surface area contributed by atoms with Gasteiger partial charge in [0.15, 0.2) is 5.58 Å². The Morgan fingerprint density at radius 3 is 2.88 bits per heavy atom. The van der Waals surface area contributed by atoms with Gasteiger partial charge in [0, 0.05) is 6.54 Å². The molecule has 2 aromatic carbocycles. The zero-order valence-electron chi connectivity index (χ0n) is 14.0. The molecule has 0 radical (unpaired) electrons. The predicted molar refractivity (Wildman–Crippen MR) is 94.8 cm³/mol. The van der Waals surface area contributed by atoms with Crippen LogP contribution in [0.3, 0.4) is 0 Å². The lowest BCUT2D eigenvalue weighted by Crippen LogP contribution is -2.31. The molecule has 6 heteroatoms. The number of ether oxygens (including phenoxy) is 1. The van der Waals surface area contributed by atoms with Crippen molar-refractivity contribution >= 4 is 17.0 Å². The minimum absolute atomic E-state index is 0.0466. The van der Waals surface area contributed by atoms with Gasteiger partial charge in [-0.3, -0.25) is 9.36 Å². The fourth-order valence-corrected chi connectivity index (χ4v) is 2.71. The molecular weight excluding hydrogens is 320 g/mol. The van der Waals surface area contributed by atoms with E-state index in [1.807, 2.05) is 24.3 Å². The highest BCUT2D eigenvalue weighted by atomic mass is 16.5. The van der Waals surface area contributed by atoms with Crippen LogP contribution >= 0.6 is 0 Å². The Balaban J connectivity index is 1.51. The molecule has 0 aliphatic carbocycles. The maximum absolute atomic E-state index is 12.1. The van der Waals surface area contributed by atoms with Crippen LogP contribution in [0.25, 0.3) is 11.1 Å². The second kappa shape index (κ2) is 7.70. The Morgan fingerprint density at radius 1 is 1.20 bits per heavy atom. The number of aromatic nitrogens is 1. The molecule has 0 spiro atoms. The van der Waals surface area contributed by atoms with Crippen molar-refractivity contribution in [2.75, 3.05) is 13.7 Å². The molecular formula is C19H20N2O4. The molecule has 0 atom stereocenters. The van der Waals surface area contributed by atoms with E-state index in [1.165, 1.54) is 4.57 Å². The van der Waals surface area contributed by atoms with Gasteiger partial charge in [-0.25, -0.2) is 4.79 Å². The van der Waals surface area contributed by atoms with Gasteiger partial charge in [-0.2, -0.15) is 0 Å².